The molecule has 0 rings (SSSR count). The highest BCUT2D eigenvalue weighted by atomic mass is 35.5. The predicted molar refractivity (Wildman–Crippen MR) is 64.7 cm³/mol. The van der Waals surface area contributed by atoms with Crippen molar-refractivity contribution in [2.75, 3.05) is 39.4 Å². The first-order chi connectivity index (χ1) is 7.31. The maximum atomic E-state index is 5.62. The number of ether oxygens (including phenoxy) is 2. The lowest BCUT2D eigenvalue weighted by molar-refractivity contribution is 0.0693. The summed E-state index contributed by atoms with van der Waals surface area (Å²) in [6.45, 7) is 5.38. The first kappa shape index (κ1) is 15.2. The summed E-state index contributed by atoms with van der Waals surface area (Å²) in [7, 11) is 1.68. The summed E-state index contributed by atoms with van der Waals surface area (Å²) in [5.74, 6) is 0.756. The van der Waals surface area contributed by atoms with Crippen LogP contribution in [0.15, 0.2) is 0 Å². The monoisotopic (exact) mass is 237 g/mol. The molecule has 0 spiro atoms. The minimum atomic E-state index is 0.558. The van der Waals surface area contributed by atoms with E-state index in [4.69, 9.17) is 21.1 Å². The van der Waals surface area contributed by atoms with Crippen molar-refractivity contribution >= 4 is 11.6 Å². The Labute approximate surface area is 98.5 Å². The molecule has 1 N–H and O–H groups in total. The number of methoxy groups -OCH3 is 1. The zero-order valence-electron chi connectivity index (χ0n) is 9.93. The highest BCUT2D eigenvalue weighted by Crippen LogP contribution is 1.97. The smallest absolute Gasteiger partial charge is 0.0700 e. The third-order valence-corrected chi connectivity index (χ3v) is 2.43. The van der Waals surface area contributed by atoms with Gasteiger partial charge in [0, 0.05) is 25.6 Å². The van der Waals surface area contributed by atoms with Crippen LogP contribution in [0.25, 0.3) is 0 Å². The third kappa shape index (κ3) is 12.1. The second kappa shape index (κ2) is 12.2. The van der Waals surface area contributed by atoms with Crippen molar-refractivity contribution in [3.05, 3.63) is 0 Å². The Hall–Kier alpha value is 0.170. The molecule has 0 aromatic heterocycles. The fourth-order valence-corrected chi connectivity index (χ4v) is 1.41. The third-order valence-electron chi connectivity index (χ3n) is 2.16. The Bertz CT molecular complexity index is 125. The molecule has 0 saturated carbocycles. The number of hydrogen-bond donors (Lipinski definition) is 1. The molecular formula is C11H24ClNO2. The van der Waals surface area contributed by atoms with E-state index in [-0.39, 0.29) is 0 Å². The predicted octanol–water partition coefficient (Wildman–Crippen LogP) is 2.04. The van der Waals surface area contributed by atoms with Gasteiger partial charge < -0.3 is 14.8 Å². The topological polar surface area (TPSA) is 30.5 Å². The normalized spacial score (nSPS) is 13.0. The van der Waals surface area contributed by atoms with Crippen molar-refractivity contribution in [1.82, 2.24) is 5.32 Å². The van der Waals surface area contributed by atoms with E-state index in [1.54, 1.807) is 7.11 Å². The van der Waals surface area contributed by atoms with E-state index >= 15 is 0 Å². The average Bonchev–Trinajstić information content (AvgIpc) is 2.25. The van der Waals surface area contributed by atoms with Gasteiger partial charge in [-0.15, -0.1) is 11.6 Å². The zero-order chi connectivity index (χ0) is 11.4. The zero-order valence-corrected chi connectivity index (χ0v) is 10.7. The molecule has 1 atom stereocenters. The van der Waals surface area contributed by atoms with Crippen LogP contribution in [-0.4, -0.2) is 45.4 Å². The molecular weight excluding hydrogens is 214 g/mol. The summed E-state index contributed by atoms with van der Waals surface area (Å²) in [4.78, 5) is 0. The van der Waals surface area contributed by atoms with Crippen LogP contribution < -0.4 is 5.32 Å². The lowest BCUT2D eigenvalue weighted by atomic mass is 10.2. The molecule has 3 nitrogen and oxygen atoms in total. The first-order valence-electron chi connectivity index (χ1n) is 5.67. The summed E-state index contributed by atoms with van der Waals surface area (Å²) >= 11 is 5.62. The van der Waals surface area contributed by atoms with Crippen LogP contribution in [0.4, 0.5) is 0 Å². The Morgan fingerprint density at radius 1 is 1.20 bits per heavy atom. The fraction of sp³-hybridized carbons (Fsp3) is 1.00. The van der Waals surface area contributed by atoms with Gasteiger partial charge >= 0.3 is 0 Å². The van der Waals surface area contributed by atoms with Crippen LogP contribution in [-0.2, 0) is 9.47 Å². The van der Waals surface area contributed by atoms with E-state index in [1.807, 2.05) is 0 Å². The molecule has 1 unspecified atom stereocenters. The molecule has 0 amide bonds. The minimum Gasteiger partial charge on any atom is -0.382 e. The maximum absolute atomic E-state index is 5.62. The Kier molecular flexibility index (Phi) is 12.4. The van der Waals surface area contributed by atoms with Gasteiger partial charge in [0.1, 0.15) is 0 Å². The molecule has 15 heavy (non-hydrogen) atoms. The van der Waals surface area contributed by atoms with E-state index in [0.29, 0.717) is 19.3 Å². The lowest BCUT2D eigenvalue weighted by Crippen LogP contribution is -2.27. The quantitative estimate of drug-likeness (QED) is 0.441. The van der Waals surface area contributed by atoms with Crippen molar-refractivity contribution in [3.63, 3.8) is 0 Å². The number of halogens is 1. The van der Waals surface area contributed by atoms with Gasteiger partial charge in [0.05, 0.1) is 13.2 Å². The fourth-order valence-electron chi connectivity index (χ4n) is 1.25. The van der Waals surface area contributed by atoms with Crippen LogP contribution in [0, 0.1) is 0 Å². The molecule has 0 aromatic rings. The molecule has 0 aliphatic carbocycles. The largest absolute Gasteiger partial charge is 0.382 e. The summed E-state index contributed by atoms with van der Waals surface area (Å²) < 4.78 is 10.2. The highest BCUT2D eigenvalue weighted by molar-refractivity contribution is 6.17. The summed E-state index contributed by atoms with van der Waals surface area (Å²) in [6.07, 6.45) is 3.28. The number of nitrogens with one attached hydrogen (secondary N) is 1. The summed E-state index contributed by atoms with van der Waals surface area (Å²) in [6, 6.07) is 0.558. The Morgan fingerprint density at radius 2 is 2.00 bits per heavy atom. The van der Waals surface area contributed by atoms with Crippen molar-refractivity contribution in [2.45, 2.75) is 32.2 Å². The van der Waals surface area contributed by atoms with Crippen molar-refractivity contribution < 1.29 is 9.47 Å². The highest BCUT2D eigenvalue weighted by Gasteiger charge is 1.99. The molecule has 0 aliphatic rings. The van der Waals surface area contributed by atoms with E-state index in [9.17, 15) is 0 Å². The molecule has 0 saturated heterocycles. The van der Waals surface area contributed by atoms with Crippen LogP contribution in [0.1, 0.15) is 26.2 Å². The van der Waals surface area contributed by atoms with Gasteiger partial charge in [0.2, 0.25) is 0 Å². The standard InChI is InChI=1S/C11H24ClNO2/c1-11(5-3-6-12)13-7-4-8-15-10-9-14-2/h11,13H,3-10H2,1-2H3. The molecule has 0 heterocycles. The van der Waals surface area contributed by atoms with Crippen molar-refractivity contribution in [1.29, 1.82) is 0 Å². The van der Waals surface area contributed by atoms with Gasteiger partial charge in [-0.2, -0.15) is 0 Å². The van der Waals surface area contributed by atoms with Crippen LogP contribution in [0.2, 0.25) is 0 Å². The molecule has 0 radical (unpaired) electrons. The van der Waals surface area contributed by atoms with Crippen molar-refractivity contribution in [2.24, 2.45) is 0 Å². The van der Waals surface area contributed by atoms with E-state index in [0.717, 1.165) is 38.3 Å². The SMILES string of the molecule is COCCOCCCNC(C)CCCCl. The van der Waals surface area contributed by atoms with E-state index in [2.05, 4.69) is 12.2 Å². The number of hydrogen-bond acceptors (Lipinski definition) is 3. The van der Waals surface area contributed by atoms with Gasteiger partial charge in [-0.05, 0) is 32.7 Å². The van der Waals surface area contributed by atoms with Gasteiger partial charge in [-0.3, -0.25) is 0 Å². The average molecular weight is 238 g/mol. The van der Waals surface area contributed by atoms with Crippen LogP contribution in [0.3, 0.4) is 0 Å². The van der Waals surface area contributed by atoms with Crippen molar-refractivity contribution in [3.8, 4) is 0 Å². The Balaban J connectivity index is 3.02. The second-order valence-electron chi connectivity index (χ2n) is 3.65. The second-order valence-corrected chi connectivity index (χ2v) is 4.02. The van der Waals surface area contributed by atoms with Gasteiger partial charge in [0.25, 0.3) is 0 Å². The molecule has 0 bridgehead atoms. The molecule has 0 fully saturated rings. The number of rotatable bonds is 11. The molecule has 0 aromatic carbocycles. The minimum absolute atomic E-state index is 0.558. The first-order valence-corrected chi connectivity index (χ1v) is 6.20. The Morgan fingerprint density at radius 3 is 2.67 bits per heavy atom. The molecule has 4 heteroatoms. The maximum Gasteiger partial charge on any atom is 0.0700 e. The molecule has 0 aliphatic heterocycles. The number of alkyl halides is 1. The summed E-state index contributed by atoms with van der Waals surface area (Å²) in [5, 5.41) is 3.44. The van der Waals surface area contributed by atoms with Gasteiger partial charge in [0.15, 0.2) is 0 Å². The van der Waals surface area contributed by atoms with E-state index < -0.39 is 0 Å². The van der Waals surface area contributed by atoms with Crippen LogP contribution in [0.5, 0.6) is 0 Å². The van der Waals surface area contributed by atoms with E-state index in [1.165, 1.54) is 0 Å². The van der Waals surface area contributed by atoms with Gasteiger partial charge in [-0.25, -0.2) is 0 Å². The van der Waals surface area contributed by atoms with Gasteiger partial charge in [-0.1, -0.05) is 0 Å². The lowest BCUT2D eigenvalue weighted by Gasteiger charge is -2.12. The summed E-state index contributed by atoms with van der Waals surface area (Å²) in [5.41, 5.74) is 0. The molecule has 92 valence electrons. The van der Waals surface area contributed by atoms with Crippen LogP contribution >= 0.6 is 11.6 Å².